The third kappa shape index (κ3) is 2.09. The van der Waals surface area contributed by atoms with Crippen molar-refractivity contribution < 1.29 is 9.53 Å². The third-order valence-corrected chi connectivity index (χ3v) is 2.22. The van der Waals surface area contributed by atoms with Gasteiger partial charge >= 0.3 is 6.09 Å². The minimum absolute atomic E-state index is 0.329. The van der Waals surface area contributed by atoms with E-state index in [9.17, 15) is 4.79 Å². The monoisotopic (exact) mass is 201 g/mol. The summed E-state index contributed by atoms with van der Waals surface area (Å²) in [6.45, 7) is 4.47. The van der Waals surface area contributed by atoms with Gasteiger partial charge < -0.3 is 4.74 Å². The Kier molecular flexibility index (Phi) is 2.57. The Labute approximate surface area is 88.3 Å². The van der Waals surface area contributed by atoms with Crippen molar-refractivity contribution in [3.05, 3.63) is 54.0 Å². The molecule has 0 radical (unpaired) electrons. The van der Waals surface area contributed by atoms with Gasteiger partial charge in [-0.2, -0.15) is 0 Å². The second-order valence-corrected chi connectivity index (χ2v) is 3.31. The second kappa shape index (κ2) is 4.03. The SMILES string of the molecule is C=C=C1CN(Cc2ccccc2)C(=O)O1. The van der Waals surface area contributed by atoms with Gasteiger partial charge in [-0.3, -0.25) is 4.90 Å². The van der Waals surface area contributed by atoms with Gasteiger partial charge in [-0.05, 0) is 5.56 Å². The fraction of sp³-hybridized carbons (Fsp3) is 0.167. The lowest BCUT2D eigenvalue weighted by Crippen LogP contribution is -2.23. The maximum Gasteiger partial charge on any atom is 0.416 e. The Bertz CT molecular complexity index is 419. The average molecular weight is 201 g/mol. The van der Waals surface area contributed by atoms with Crippen molar-refractivity contribution in [3.8, 4) is 0 Å². The summed E-state index contributed by atoms with van der Waals surface area (Å²) in [5.74, 6) is 0.496. The molecule has 1 aliphatic rings. The predicted molar refractivity (Wildman–Crippen MR) is 56.0 cm³/mol. The van der Waals surface area contributed by atoms with E-state index in [1.54, 1.807) is 4.90 Å². The van der Waals surface area contributed by atoms with Crippen LogP contribution in [0.3, 0.4) is 0 Å². The van der Waals surface area contributed by atoms with Gasteiger partial charge in [0.25, 0.3) is 0 Å². The Morgan fingerprint density at radius 3 is 2.73 bits per heavy atom. The zero-order valence-corrected chi connectivity index (χ0v) is 8.27. The molecule has 1 aromatic rings. The van der Waals surface area contributed by atoms with E-state index in [1.165, 1.54) is 0 Å². The van der Waals surface area contributed by atoms with Crippen molar-refractivity contribution in [1.82, 2.24) is 4.90 Å². The molecule has 1 aromatic carbocycles. The van der Waals surface area contributed by atoms with Gasteiger partial charge in [0.15, 0.2) is 5.76 Å². The van der Waals surface area contributed by atoms with Gasteiger partial charge in [-0.1, -0.05) is 42.6 Å². The van der Waals surface area contributed by atoms with Crippen LogP contribution in [-0.4, -0.2) is 17.5 Å². The number of hydrogen-bond donors (Lipinski definition) is 0. The first-order valence-electron chi connectivity index (χ1n) is 4.69. The molecular weight excluding hydrogens is 190 g/mol. The van der Waals surface area contributed by atoms with Crippen LogP contribution in [0.4, 0.5) is 4.79 Å². The minimum Gasteiger partial charge on any atom is -0.404 e. The largest absolute Gasteiger partial charge is 0.416 e. The first kappa shape index (κ1) is 9.56. The van der Waals surface area contributed by atoms with Crippen LogP contribution in [0.2, 0.25) is 0 Å². The van der Waals surface area contributed by atoms with E-state index in [-0.39, 0.29) is 6.09 Å². The van der Waals surface area contributed by atoms with Gasteiger partial charge in [0, 0.05) is 6.54 Å². The maximum absolute atomic E-state index is 11.4. The van der Waals surface area contributed by atoms with Crippen LogP contribution in [0.5, 0.6) is 0 Å². The highest BCUT2D eigenvalue weighted by Gasteiger charge is 2.26. The summed E-state index contributed by atoms with van der Waals surface area (Å²) in [5.41, 5.74) is 3.68. The molecule has 15 heavy (non-hydrogen) atoms. The standard InChI is InChI=1S/C12H11NO2/c1-2-11-9-13(12(14)15-11)8-10-6-4-3-5-7-10/h3-7H,1,8-9H2. The molecule has 0 N–H and O–H groups in total. The second-order valence-electron chi connectivity index (χ2n) is 3.31. The van der Waals surface area contributed by atoms with E-state index in [0.29, 0.717) is 18.8 Å². The zero-order chi connectivity index (χ0) is 10.7. The molecule has 0 aromatic heterocycles. The molecule has 0 unspecified atom stereocenters. The minimum atomic E-state index is -0.329. The number of benzene rings is 1. The molecule has 0 bridgehead atoms. The molecule has 0 atom stereocenters. The van der Waals surface area contributed by atoms with Crippen molar-refractivity contribution >= 4 is 6.09 Å². The molecule has 0 spiro atoms. The Hall–Kier alpha value is -1.99. The molecule has 3 heteroatoms. The molecule has 1 fully saturated rings. The van der Waals surface area contributed by atoms with Gasteiger partial charge in [0.1, 0.15) is 0 Å². The predicted octanol–water partition coefficient (Wildman–Crippen LogP) is 2.31. The smallest absolute Gasteiger partial charge is 0.404 e. The van der Waals surface area contributed by atoms with Gasteiger partial charge in [-0.15, -0.1) is 0 Å². The van der Waals surface area contributed by atoms with E-state index in [2.05, 4.69) is 12.3 Å². The van der Waals surface area contributed by atoms with Crippen molar-refractivity contribution in [2.45, 2.75) is 6.54 Å². The Morgan fingerprint density at radius 1 is 1.40 bits per heavy atom. The number of rotatable bonds is 2. The molecule has 1 amide bonds. The summed E-state index contributed by atoms with van der Waals surface area (Å²) in [6.07, 6.45) is -0.329. The van der Waals surface area contributed by atoms with Crippen molar-refractivity contribution in [2.24, 2.45) is 0 Å². The molecule has 3 nitrogen and oxygen atoms in total. The fourth-order valence-electron chi connectivity index (χ4n) is 1.46. The highest BCUT2D eigenvalue weighted by molar-refractivity contribution is 5.71. The van der Waals surface area contributed by atoms with Crippen LogP contribution in [0, 0.1) is 0 Å². The van der Waals surface area contributed by atoms with Crippen LogP contribution < -0.4 is 0 Å². The normalized spacial score (nSPS) is 15.1. The van der Waals surface area contributed by atoms with E-state index < -0.39 is 0 Å². The maximum atomic E-state index is 11.4. The molecule has 1 aliphatic heterocycles. The first-order chi connectivity index (χ1) is 7.29. The van der Waals surface area contributed by atoms with Gasteiger partial charge in [0.05, 0.1) is 6.54 Å². The Morgan fingerprint density at radius 2 is 2.13 bits per heavy atom. The van der Waals surface area contributed by atoms with Crippen LogP contribution in [0.1, 0.15) is 5.56 Å². The van der Waals surface area contributed by atoms with E-state index in [1.807, 2.05) is 30.3 Å². The van der Waals surface area contributed by atoms with E-state index in [4.69, 9.17) is 4.74 Å². The lowest BCUT2D eigenvalue weighted by molar-refractivity contribution is 0.167. The summed E-state index contributed by atoms with van der Waals surface area (Å²) in [7, 11) is 0. The number of hydrogen-bond acceptors (Lipinski definition) is 2. The summed E-state index contributed by atoms with van der Waals surface area (Å²) >= 11 is 0. The lowest BCUT2D eigenvalue weighted by atomic mass is 10.2. The quantitative estimate of drug-likeness (QED) is 0.687. The van der Waals surface area contributed by atoms with Crippen LogP contribution in [0.25, 0.3) is 0 Å². The number of ether oxygens (including phenoxy) is 1. The first-order valence-corrected chi connectivity index (χ1v) is 4.69. The van der Waals surface area contributed by atoms with Crippen molar-refractivity contribution in [2.75, 3.05) is 6.54 Å². The van der Waals surface area contributed by atoms with Gasteiger partial charge in [-0.25, -0.2) is 4.79 Å². The van der Waals surface area contributed by atoms with Crippen LogP contribution in [-0.2, 0) is 11.3 Å². The summed E-state index contributed by atoms with van der Waals surface area (Å²) in [5, 5.41) is 0. The number of nitrogens with zero attached hydrogens (tertiary/aromatic N) is 1. The van der Waals surface area contributed by atoms with E-state index >= 15 is 0 Å². The average Bonchev–Trinajstić information content (AvgIpc) is 2.61. The molecule has 0 saturated carbocycles. The summed E-state index contributed by atoms with van der Waals surface area (Å²) < 4.78 is 4.93. The highest BCUT2D eigenvalue weighted by Crippen LogP contribution is 2.16. The number of cyclic esters (lactones) is 1. The summed E-state index contributed by atoms with van der Waals surface area (Å²) in [4.78, 5) is 13.0. The molecule has 1 saturated heterocycles. The molecule has 1 heterocycles. The van der Waals surface area contributed by atoms with Crippen LogP contribution >= 0.6 is 0 Å². The molecule has 0 aliphatic carbocycles. The summed E-state index contributed by atoms with van der Waals surface area (Å²) in [6, 6.07) is 9.79. The third-order valence-electron chi connectivity index (χ3n) is 2.22. The topological polar surface area (TPSA) is 29.5 Å². The lowest BCUT2D eigenvalue weighted by Gasteiger charge is -2.11. The number of carbonyl (C=O) groups excluding carboxylic acids is 1. The fourth-order valence-corrected chi connectivity index (χ4v) is 1.46. The van der Waals surface area contributed by atoms with Gasteiger partial charge in [0.2, 0.25) is 0 Å². The van der Waals surface area contributed by atoms with Crippen molar-refractivity contribution in [3.63, 3.8) is 0 Å². The number of amides is 1. The van der Waals surface area contributed by atoms with E-state index in [0.717, 1.165) is 5.56 Å². The molecule has 76 valence electrons. The molecule has 2 rings (SSSR count). The Balaban J connectivity index is 2.08. The zero-order valence-electron chi connectivity index (χ0n) is 8.27. The molecular formula is C12H11NO2. The number of carbonyl (C=O) groups is 1. The highest BCUT2D eigenvalue weighted by atomic mass is 16.6. The van der Waals surface area contributed by atoms with Crippen molar-refractivity contribution in [1.29, 1.82) is 0 Å². The van der Waals surface area contributed by atoms with Crippen LogP contribution in [0.15, 0.2) is 48.4 Å².